The van der Waals surface area contributed by atoms with Crippen LogP contribution in [0.1, 0.15) is 21.5 Å². The van der Waals surface area contributed by atoms with Gasteiger partial charge in [-0.15, -0.1) is 0 Å². The van der Waals surface area contributed by atoms with Crippen LogP contribution >= 0.6 is 0 Å². The standard InChI is InChI=1S/C19H16N4O3/c24-18(17-9-14-3-1-2-4-16(14)19(25)26-17)22-15-7-5-13(6-8-15)10-23-12-20-11-21-23/h1-8,11-12,17H,9-10H2,(H,22,24)/t17-/m0/s1. The zero-order valence-electron chi connectivity index (χ0n) is 13.8. The van der Waals surface area contributed by atoms with Crippen LogP contribution in [0.5, 0.6) is 0 Å². The molecule has 0 fully saturated rings. The van der Waals surface area contributed by atoms with E-state index in [1.807, 2.05) is 36.4 Å². The molecule has 0 unspecified atom stereocenters. The summed E-state index contributed by atoms with van der Waals surface area (Å²) in [5, 5.41) is 6.85. The fourth-order valence-corrected chi connectivity index (χ4v) is 2.90. The second kappa shape index (κ2) is 6.79. The van der Waals surface area contributed by atoms with E-state index >= 15 is 0 Å². The number of esters is 1. The van der Waals surface area contributed by atoms with Gasteiger partial charge in [-0.3, -0.25) is 4.79 Å². The van der Waals surface area contributed by atoms with Gasteiger partial charge in [0.1, 0.15) is 12.7 Å². The molecule has 7 nitrogen and oxygen atoms in total. The number of nitrogens with one attached hydrogen (secondary N) is 1. The molecule has 7 heteroatoms. The third-order valence-electron chi connectivity index (χ3n) is 4.22. The van der Waals surface area contributed by atoms with E-state index in [1.54, 1.807) is 23.1 Å². The largest absolute Gasteiger partial charge is 0.448 e. The van der Waals surface area contributed by atoms with Crippen molar-refractivity contribution in [1.29, 1.82) is 0 Å². The summed E-state index contributed by atoms with van der Waals surface area (Å²) in [7, 11) is 0. The van der Waals surface area contributed by atoms with Gasteiger partial charge in [0.05, 0.1) is 12.1 Å². The smallest absolute Gasteiger partial charge is 0.339 e. The van der Waals surface area contributed by atoms with Crippen molar-refractivity contribution in [2.75, 3.05) is 5.32 Å². The van der Waals surface area contributed by atoms with Crippen LogP contribution in [0.2, 0.25) is 0 Å². The number of carbonyl (C=O) groups excluding carboxylic acids is 2. The molecule has 26 heavy (non-hydrogen) atoms. The van der Waals surface area contributed by atoms with Gasteiger partial charge in [0, 0.05) is 12.1 Å². The number of hydrogen-bond donors (Lipinski definition) is 1. The molecule has 0 spiro atoms. The summed E-state index contributed by atoms with van der Waals surface area (Å²) in [6.45, 7) is 0.602. The Morgan fingerprint density at radius 3 is 2.77 bits per heavy atom. The Labute approximate surface area is 149 Å². The molecule has 0 bridgehead atoms. The van der Waals surface area contributed by atoms with Crippen molar-refractivity contribution >= 4 is 17.6 Å². The maximum atomic E-state index is 12.5. The zero-order valence-corrected chi connectivity index (χ0v) is 13.8. The molecular weight excluding hydrogens is 332 g/mol. The molecule has 0 radical (unpaired) electrons. The van der Waals surface area contributed by atoms with Gasteiger partial charge in [-0.25, -0.2) is 14.5 Å². The second-order valence-corrected chi connectivity index (χ2v) is 6.03. The lowest BCUT2D eigenvalue weighted by atomic mass is 9.98. The van der Waals surface area contributed by atoms with Gasteiger partial charge in [0.25, 0.3) is 5.91 Å². The molecule has 3 aromatic rings. The molecule has 1 aliphatic heterocycles. The maximum absolute atomic E-state index is 12.5. The van der Waals surface area contributed by atoms with Crippen molar-refractivity contribution in [3.63, 3.8) is 0 Å². The van der Waals surface area contributed by atoms with E-state index < -0.39 is 12.1 Å². The van der Waals surface area contributed by atoms with Crippen LogP contribution in [-0.4, -0.2) is 32.7 Å². The summed E-state index contributed by atoms with van der Waals surface area (Å²) in [4.78, 5) is 28.4. The number of rotatable bonds is 4. The summed E-state index contributed by atoms with van der Waals surface area (Å²) in [6.07, 6.45) is 2.67. The van der Waals surface area contributed by atoms with Crippen LogP contribution in [0, 0.1) is 0 Å². The van der Waals surface area contributed by atoms with Crippen LogP contribution in [0.25, 0.3) is 0 Å². The number of anilines is 1. The van der Waals surface area contributed by atoms with Crippen LogP contribution in [-0.2, 0) is 22.5 Å². The number of carbonyl (C=O) groups is 2. The van der Waals surface area contributed by atoms with Crippen LogP contribution < -0.4 is 5.32 Å². The molecule has 1 aromatic heterocycles. The molecule has 0 saturated carbocycles. The van der Waals surface area contributed by atoms with E-state index in [4.69, 9.17) is 4.74 Å². The minimum absolute atomic E-state index is 0.336. The predicted molar refractivity (Wildman–Crippen MR) is 93.5 cm³/mol. The molecular formula is C19H16N4O3. The lowest BCUT2D eigenvalue weighted by Gasteiger charge is -2.23. The van der Waals surface area contributed by atoms with E-state index in [-0.39, 0.29) is 5.91 Å². The highest BCUT2D eigenvalue weighted by Crippen LogP contribution is 2.21. The van der Waals surface area contributed by atoms with Crippen LogP contribution in [0.3, 0.4) is 0 Å². The number of fused-ring (bicyclic) bond motifs is 1. The molecule has 1 amide bonds. The lowest BCUT2D eigenvalue weighted by Crippen LogP contribution is -2.37. The fourth-order valence-electron chi connectivity index (χ4n) is 2.90. The fraction of sp³-hybridized carbons (Fsp3) is 0.158. The number of nitrogens with zero attached hydrogens (tertiary/aromatic N) is 3. The summed E-state index contributed by atoms with van der Waals surface area (Å²) in [5.41, 5.74) is 3.03. The molecule has 0 aliphatic carbocycles. The van der Waals surface area contributed by atoms with Gasteiger partial charge in [0.2, 0.25) is 0 Å². The van der Waals surface area contributed by atoms with Gasteiger partial charge in [-0.2, -0.15) is 5.10 Å². The summed E-state index contributed by atoms with van der Waals surface area (Å²) in [6, 6.07) is 14.6. The Balaban J connectivity index is 1.41. The Morgan fingerprint density at radius 2 is 2.00 bits per heavy atom. The van der Waals surface area contributed by atoms with Crippen LogP contribution in [0.15, 0.2) is 61.2 Å². The topological polar surface area (TPSA) is 86.1 Å². The molecule has 4 rings (SSSR count). The van der Waals surface area contributed by atoms with Gasteiger partial charge in [-0.05, 0) is 29.3 Å². The first-order valence-electron chi connectivity index (χ1n) is 8.20. The summed E-state index contributed by atoms with van der Waals surface area (Å²) < 4.78 is 6.99. The SMILES string of the molecule is O=C1O[C@H](C(=O)Nc2ccc(Cn3cncn3)cc2)Cc2ccccc21. The average Bonchev–Trinajstić information content (AvgIpc) is 3.16. The quantitative estimate of drug-likeness (QED) is 0.729. The predicted octanol–water partition coefficient (Wildman–Crippen LogP) is 2.05. The number of cyclic esters (lactones) is 1. The van der Waals surface area contributed by atoms with Gasteiger partial charge in [0.15, 0.2) is 6.10 Å². The Kier molecular flexibility index (Phi) is 4.18. The second-order valence-electron chi connectivity index (χ2n) is 6.03. The first-order valence-corrected chi connectivity index (χ1v) is 8.20. The Morgan fingerprint density at radius 1 is 1.19 bits per heavy atom. The van der Waals surface area contributed by atoms with Crippen molar-refractivity contribution in [2.24, 2.45) is 0 Å². The highest BCUT2D eigenvalue weighted by Gasteiger charge is 2.30. The van der Waals surface area contributed by atoms with Crippen LogP contribution in [0.4, 0.5) is 5.69 Å². The number of benzene rings is 2. The molecule has 1 atom stereocenters. The first kappa shape index (κ1) is 16.0. The van der Waals surface area contributed by atoms with Crippen molar-refractivity contribution in [3.8, 4) is 0 Å². The van der Waals surface area contributed by atoms with Crippen molar-refractivity contribution < 1.29 is 14.3 Å². The van der Waals surface area contributed by atoms with Gasteiger partial charge in [-0.1, -0.05) is 30.3 Å². The number of aromatic nitrogens is 3. The van der Waals surface area contributed by atoms with Gasteiger partial charge >= 0.3 is 5.97 Å². The zero-order chi connectivity index (χ0) is 17.9. The first-order chi connectivity index (χ1) is 12.7. The van der Waals surface area contributed by atoms with Crippen molar-refractivity contribution in [1.82, 2.24) is 14.8 Å². The molecule has 2 heterocycles. The summed E-state index contributed by atoms with van der Waals surface area (Å²) in [5.74, 6) is -0.799. The minimum atomic E-state index is -0.827. The van der Waals surface area contributed by atoms with E-state index in [9.17, 15) is 9.59 Å². The van der Waals surface area contributed by atoms with E-state index in [1.165, 1.54) is 6.33 Å². The number of hydrogen-bond acceptors (Lipinski definition) is 5. The Bertz CT molecular complexity index is 936. The van der Waals surface area contributed by atoms with E-state index in [2.05, 4.69) is 15.4 Å². The van der Waals surface area contributed by atoms with Gasteiger partial charge < -0.3 is 10.1 Å². The summed E-state index contributed by atoms with van der Waals surface area (Å²) >= 11 is 0. The number of ether oxygens (including phenoxy) is 1. The molecule has 0 saturated heterocycles. The minimum Gasteiger partial charge on any atom is -0.448 e. The third-order valence-corrected chi connectivity index (χ3v) is 4.22. The molecule has 1 N–H and O–H groups in total. The monoisotopic (exact) mass is 348 g/mol. The molecule has 130 valence electrons. The maximum Gasteiger partial charge on any atom is 0.339 e. The lowest BCUT2D eigenvalue weighted by molar-refractivity contribution is -0.125. The number of amides is 1. The Hall–Kier alpha value is -3.48. The highest BCUT2D eigenvalue weighted by molar-refractivity contribution is 6.00. The third kappa shape index (κ3) is 3.32. The average molecular weight is 348 g/mol. The van der Waals surface area contributed by atoms with E-state index in [0.717, 1.165) is 11.1 Å². The molecule has 2 aromatic carbocycles. The van der Waals surface area contributed by atoms with Crippen molar-refractivity contribution in [3.05, 3.63) is 77.9 Å². The normalized spacial score (nSPS) is 15.8. The van der Waals surface area contributed by atoms with Crippen molar-refractivity contribution in [2.45, 2.75) is 19.1 Å². The molecule has 1 aliphatic rings. The van der Waals surface area contributed by atoms with E-state index in [0.29, 0.717) is 24.2 Å². The highest BCUT2D eigenvalue weighted by atomic mass is 16.5.